The van der Waals surface area contributed by atoms with Crippen molar-refractivity contribution in [1.29, 1.82) is 0 Å². The molecule has 0 N–H and O–H groups in total. The van der Waals surface area contributed by atoms with Gasteiger partial charge in [0, 0.05) is 23.8 Å². The van der Waals surface area contributed by atoms with E-state index >= 15 is 0 Å². The van der Waals surface area contributed by atoms with Gasteiger partial charge in [0.15, 0.2) is 5.16 Å². The number of amides is 1. The summed E-state index contributed by atoms with van der Waals surface area (Å²) in [5, 5.41) is 9.08. The molecule has 0 fully saturated rings. The first-order valence-electron chi connectivity index (χ1n) is 8.65. The lowest BCUT2D eigenvalue weighted by molar-refractivity contribution is -0.127. The number of benzene rings is 2. The molecule has 0 spiro atoms. The molecule has 0 bridgehead atoms. The predicted octanol–water partition coefficient (Wildman–Crippen LogP) is 4.10. The smallest absolute Gasteiger partial charge is 0.233 e. The number of ether oxygens (including phenoxy) is 1. The van der Waals surface area contributed by atoms with Crippen molar-refractivity contribution in [2.24, 2.45) is 0 Å². The SMILES string of the molecule is COc1ccc(-n2c(C)nnc2SCC(=O)N(C)Cc2ccc(Br)cc2)cc1. The minimum absolute atomic E-state index is 0.0369. The highest BCUT2D eigenvalue weighted by Crippen LogP contribution is 2.24. The van der Waals surface area contributed by atoms with Crippen molar-refractivity contribution in [2.45, 2.75) is 18.6 Å². The summed E-state index contributed by atoms with van der Waals surface area (Å²) in [6.45, 7) is 2.46. The summed E-state index contributed by atoms with van der Waals surface area (Å²) >= 11 is 4.80. The van der Waals surface area contributed by atoms with Gasteiger partial charge in [-0.05, 0) is 48.9 Å². The summed E-state index contributed by atoms with van der Waals surface area (Å²) in [7, 11) is 3.45. The third-order valence-electron chi connectivity index (χ3n) is 4.21. The monoisotopic (exact) mass is 460 g/mol. The number of carbonyl (C=O) groups is 1. The van der Waals surface area contributed by atoms with Gasteiger partial charge in [-0.1, -0.05) is 39.8 Å². The lowest BCUT2D eigenvalue weighted by atomic mass is 10.2. The Labute approximate surface area is 177 Å². The molecular weight excluding hydrogens is 440 g/mol. The number of thioether (sulfide) groups is 1. The molecule has 0 saturated heterocycles. The number of aryl methyl sites for hydroxylation is 1. The Kier molecular flexibility index (Phi) is 6.74. The largest absolute Gasteiger partial charge is 0.497 e. The van der Waals surface area contributed by atoms with Gasteiger partial charge in [-0.15, -0.1) is 10.2 Å². The zero-order valence-corrected chi connectivity index (χ0v) is 18.3. The number of halogens is 1. The van der Waals surface area contributed by atoms with Crippen molar-refractivity contribution in [3.8, 4) is 11.4 Å². The normalized spacial score (nSPS) is 10.7. The first-order valence-corrected chi connectivity index (χ1v) is 10.4. The second-order valence-electron chi connectivity index (χ2n) is 6.23. The zero-order valence-electron chi connectivity index (χ0n) is 15.9. The second kappa shape index (κ2) is 9.25. The molecule has 3 rings (SSSR count). The van der Waals surface area contributed by atoms with Gasteiger partial charge in [-0.2, -0.15) is 0 Å². The standard InChI is InChI=1S/C20H21BrN4O2S/c1-14-22-23-20(25(14)17-8-10-18(27-3)11-9-17)28-13-19(26)24(2)12-15-4-6-16(21)7-5-15/h4-11H,12-13H2,1-3H3. The lowest BCUT2D eigenvalue weighted by Gasteiger charge is -2.17. The van der Waals surface area contributed by atoms with Crippen molar-refractivity contribution in [1.82, 2.24) is 19.7 Å². The van der Waals surface area contributed by atoms with Crippen LogP contribution in [-0.2, 0) is 11.3 Å². The molecule has 0 aliphatic rings. The van der Waals surface area contributed by atoms with Crippen molar-refractivity contribution >= 4 is 33.6 Å². The fourth-order valence-electron chi connectivity index (χ4n) is 2.65. The van der Waals surface area contributed by atoms with Crippen LogP contribution in [0.4, 0.5) is 0 Å². The molecule has 8 heteroatoms. The molecule has 0 atom stereocenters. The van der Waals surface area contributed by atoms with Crippen molar-refractivity contribution in [3.05, 3.63) is 64.4 Å². The molecule has 146 valence electrons. The van der Waals surface area contributed by atoms with Crippen LogP contribution in [0.3, 0.4) is 0 Å². The first-order chi connectivity index (χ1) is 13.5. The van der Waals surface area contributed by atoms with E-state index in [4.69, 9.17) is 4.74 Å². The van der Waals surface area contributed by atoms with E-state index in [1.165, 1.54) is 11.8 Å². The average Bonchev–Trinajstić information content (AvgIpc) is 3.08. The van der Waals surface area contributed by atoms with Crippen LogP contribution >= 0.6 is 27.7 Å². The van der Waals surface area contributed by atoms with Gasteiger partial charge < -0.3 is 9.64 Å². The van der Waals surface area contributed by atoms with Gasteiger partial charge in [-0.25, -0.2) is 0 Å². The fourth-order valence-corrected chi connectivity index (χ4v) is 3.86. The van der Waals surface area contributed by atoms with Gasteiger partial charge in [0.1, 0.15) is 11.6 Å². The third kappa shape index (κ3) is 4.94. The molecule has 1 aromatic heterocycles. The highest BCUT2D eigenvalue weighted by molar-refractivity contribution is 9.10. The maximum Gasteiger partial charge on any atom is 0.233 e. The number of carbonyl (C=O) groups excluding carboxylic acids is 1. The van der Waals surface area contributed by atoms with Crippen LogP contribution in [-0.4, -0.2) is 45.5 Å². The predicted molar refractivity (Wildman–Crippen MR) is 114 cm³/mol. The van der Waals surface area contributed by atoms with E-state index in [1.807, 2.05) is 67.1 Å². The molecular formula is C20H21BrN4O2S. The molecule has 1 amide bonds. The Morgan fingerprint density at radius 3 is 2.46 bits per heavy atom. The van der Waals surface area contributed by atoms with Gasteiger partial charge >= 0.3 is 0 Å². The Balaban J connectivity index is 1.65. The fraction of sp³-hybridized carbons (Fsp3) is 0.250. The van der Waals surface area contributed by atoms with E-state index in [0.29, 0.717) is 17.5 Å². The average molecular weight is 461 g/mol. The Bertz CT molecular complexity index is 942. The number of hydrogen-bond acceptors (Lipinski definition) is 5. The molecule has 3 aromatic rings. The zero-order chi connectivity index (χ0) is 20.1. The van der Waals surface area contributed by atoms with E-state index < -0.39 is 0 Å². The number of methoxy groups -OCH3 is 1. The number of aromatic nitrogens is 3. The van der Waals surface area contributed by atoms with E-state index in [1.54, 1.807) is 12.0 Å². The van der Waals surface area contributed by atoms with Crippen molar-refractivity contribution < 1.29 is 9.53 Å². The number of nitrogens with zero attached hydrogens (tertiary/aromatic N) is 4. The Morgan fingerprint density at radius 2 is 1.82 bits per heavy atom. The first kappa shape index (κ1) is 20.4. The quantitative estimate of drug-likeness (QED) is 0.496. The van der Waals surface area contributed by atoms with Crippen LogP contribution in [0.1, 0.15) is 11.4 Å². The summed E-state index contributed by atoms with van der Waals surface area (Å²) < 4.78 is 8.17. The molecule has 1 heterocycles. The molecule has 6 nitrogen and oxygen atoms in total. The lowest BCUT2D eigenvalue weighted by Crippen LogP contribution is -2.27. The minimum Gasteiger partial charge on any atom is -0.497 e. The topological polar surface area (TPSA) is 60.2 Å². The molecule has 0 unspecified atom stereocenters. The minimum atomic E-state index is 0.0369. The van der Waals surface area contributed by atoms with Gasteiger partial charge in [0.25, 0.3) is 0 Å². The van der Waals surface area contributed by atoms with Gasteiger partial charge in [0.05, 0.1) is 12.9 Å². The van der Waals surface area contributed by atoms with Gasteiger partial charge in [0.2, 0.25) is 5.91 Å². The molecule has 2 aromatic carbocycles. The van der Waals surface area contributed by atoms with Crippen LogP contribution in [0.25, 0.3) is 5.69 Å². The highest BCUT2D eigenvalue weighted by atomic mass is 79.9. The number of hydrogen-bond donors (Lipinski definition) is 0. The van der Waals surface area contributed by atoms with Crippen LogP contribution in [0.15, 0.2) is 58.2 Å². The third-order valence-corrected chi connectivity index (χ3v) is 5.65. The van der Waals surface area contributed by atoms with Crippen LogP contribution in [0.5, 0.6) is 5.75 Å². The highest BCUT2D eigenvalue weighted by Gasteiger charge is 2.15. The maximum atomic E-state index is 12.5. The molecule has 0 saturated carbocycles. The molecule has 0 aliphatic carbocycles. The summed E-state index contributed by atoms with van der Waals surface area (Å²) in [6.07, 6.45) is 0. The summed E-state index contributed by atoms with van der Waals surface area (Å²) in [5.74, 6) is 1.88. The Morgan fingerprint density at radius 1 is 1.14 bits per heavy atom. The number of rotatable bonds is 7. The van der Waals surface area contributed by atoms with Gasteiger partial charge in [-0.3, -0.25) is 9.36 Å². The molecule has 0 radical (unpaired) electrons. The summed E-state index contributed by atoms with van der Waals surface area (Å²) in [6, 6.07) is 15.6. The molecule has 0 aliphatic heterocycles. The van der Waals surface area contributed by atoms with E-state index in [0.717, 1.165) is 27.3 Å². The van der Waals surface area contributed by atoms with Crippen LogP contribution in [0, 0.1) is 6.92 Å². The van der Waals surface area contributed by atoms with E-state index in [-0.39, 0.29) is 5.91 Å². The van der Waals surface area contributed by atoms with Crippen LogP contribution in [0.2, 0.25) is 0 Å². The van der Waals surface area contributed by atoms with Crippen molar-refractivity contribution in [3.63, 3.8) is 0 Å². The van der Waals surface area contributed by atoms with Crippen LogP contribution < -0.4 is 4.74 Å². The summed E-state index contributed by atoms with van der Waals surface area (Å²) in [5.41, 5.74) is 2.02. The van der Waals surface area contributed by atoms with E-state index in [9.17, 15) is 4.79 Å². The molecule has 28 heavy (non-hydrogen) atoms. The van der Waals surface area contributed by atoms with E-state index in [2.05, 4.69) is 26.1 Å². The Hall–Kier alpha value is -2.32. The maximum absolute atomic E-state index is 12.5. The summed E-state index contributed by atoms with van der Waals surface area (Å²) in [4.78, 5) is 14.3. The second-order valence-corrected chi connectivity index (χ2v) is 8.09. The van der Waals surface area contributed by atoms with Crippen molar-refractivity contribution in [2.75, 3.05) is 19.9 Å².